The van der Waals surface area contributed by atoms with Gasteiger partial charge in [0.05, 0.1) is 29.7 Å². The summed E-state index contributed by atoms with van der Waals surface area (Å²) in [6, 6.07) is 17.8. The third-order valence-electron chi connectivity index (χ3n) is 6.39. The van der Waals surface area contributed by atoms with E-state index in [0.717, 1.165) is 12.2 Å². The van der Waals surface area contributed by atoms with E-state index in [0.29, 0.717) is 44.3 Å². The number of carbonyl (C=O) groups excluding carboxylic acids is 1. The van der Waals surface area contributed by atoms with Crippen molar-refractivity contribution in [1.82, 2.24) is 14.1 Å². The number of urea groups is 1. The van der Waals surface area contributed by atoms with Crippen LogP contribution < -0.4 is 5.32 Å². The van der Waals surface area contributed by atoms with Crippen LogP contribution in [0.5, 0.6) is 0 Å². The third-order valence-corrected chi connectivity index (χ3v) is 8.19. The van der Waals surface area contributed by atoms with Crippen molar-refractivity contribution in [1.29, 1.82) is 0 Å². The first-order valence-corrected chi connectivity index (χ1v) is 11.9. The quantitative estimate of drug-likeness (QED) is 0.782. The van der Waals surface area contributed by atoms with Crippen LogP contribution in [0.2, 0.25) is 0 Å². The molecule has 0 bridgehead atoms. The SMILES string of the molecule is O=C(Nc1ccccc1)N1CC2COCCN2C2(C1)CN(S(=O)(=O)c1ccccc1)C2. The Morgan fingerprint density at radius 2 is 1.68 bits per heavy atom. The van der Waals surface area contributed by atoms with E-state index in [9.17, 15) is 13.2 Å². The first-order valence-electron chi connectivity index (χ1n) is 10.5. The van der Waals surface area contributed by atoms with E-state index in [1.165, 1.54) is 4.31 Å². The van der Waals surface area contributed by atoms with Crippen LogP contribution in [-0.4, -0.2) is 86.1 Å². The predicted octanol–water partition coefficient (Wildman–Crippen LogP) is 1.68. The van der Waals surface area contributed by atoms with Gasteiger partial charge in [-0.1, -0.05) is 36.4 Å². The van der Waals surface area contributed by atoms with Crippen LogP contribution in [0.4, 0.5) is 10.5 Å². The predicted molar refractivity (Wildman–Crippen MR) is 116 cm³/mol. The van der Waals surface area contributed by atoms with Crippen molar-refractivity contribution < 1.29 is 17.9 Å². The maximum atomic E-state index is 13.0. The number of sulfonamides is 1. The van der Waals surface area contributed by atoms with Gasteiger partial charge >= 0.3 is 6.03 Å². The Bertz CT molecular complexity index is 1040. The standard InChI is InChI=1S/C22H26N4O4S/c27-21(23-18-7-3-1-4-8-18)24-13-19-14-30-12-11-26(19)22(15-24)16-25(17-22)31(28,29)20-9-5-2-6-10-20/h1-10,19H,11-17H2,(H,23,27). The van der Waals surface area contributed by atoms with Crippen molar-refractivity contribution >= 4 is 21.7 Å². The Morgan fingerprint density at radius 3 is 2.39 bits per heavy atom. The molecule has 0 saturated carbocycles. The molecule has 0 aromatic heterocycles. The molecule has 3 aliphatic heterocycles. The fourth-order valence-corrected chi connectivity index (χ4v) is 6.50. The van der Waals surface area contributed by atoms with Crippen LogP contribution in [0.1, 0.15) is 0 Å². The van der Waals surface area contributed by atoms with Gasteiger partial charge in [0.15, 0.2) is 0 Å². The lowest BCUT2D eigenvalue weighted by Crippen LogP contribution is -2.81. The fraction of sp³-hybridized carbons (Fsp3) is 0.409. The molecule has 9 heteroatoms. The smallest absolute Gasteiger partial charge is 0.321 e. The molecule has 2 aromatic carbocycles. The molecule has 5 rings (SSSR count). The van der Waals surface area contributed by atoms with Gasteiger partial charge in [-0.3, -0.25) is 4.90 Å². The van der Waals surface area contributed by atoms with Crippen molar-refractivity contribution in [3.8, 4) is 0 Å². The van der Waals surface area contributed by atoms with Crippen LogP contribution in [0.25, 0.3) is 0 Å². The van der Waals surface area contributed by atoms with Crippen LogP contribution in [0.3, 0.4) is 0 Å². The molecule has 2 amide bonds. The molecular formula is C22H26N4O4S. The lowest BCUT2D eigenvalue weighted by molar-refractivity contribution is -0.140. The normalized spacial score (nSPS) is 23.7. The number of nitrogens with one attached hydrogen (secondary N) is 1. The van der Waals surface area contributed by atoms with Gasteiger partial charge in [0.1, 0.15) is 0 Å². The average Bonchev–Trinajstić information content (AvgIpc) is 2.78. The summed E-state index contributed by atoms with van der Waals surface area (Å²) >= 11 is 0. The Morgan fingerprint density at radius 1 is 1.00 bits per heavy atom. The van der Waals surface area contributed by atoms with Gasteiger partial charge in [-0.15, -0.1) is 0 Å². The Kier molecular flexibility index (Phi) is 5.21. The van der Waals surface area contributed by atoms with Crippen molar-refractivity contribution in [3.05, 3.63) is 60.7 Å². The molecule has 3 heterocycles. The van der Waals surface area contributed by atoms with E-state index < -0.39 is 10.0 Å². The number of ether oxygens (including phenoxy) is 1. The van der Waals surface area contributed by atoms with E-state index in [2.05, 4.69) is 10.2 Å². The summed E-state index contributed by atoms with van der Waals surface area (Å²) in [4.78, 5) is 17.5. The number of piperazine rings is 1. The van der Waals surface area contributed by atoms with E-state index in [-0.39, 0.29) is 17.6 Å². The Labute approximate surface area is 182 Å². The minimum atomic E-state index is -3.55. The number of amides is 2. The highest BCUT2D eigenvalue weighted by atomic mass is 32.2. The summed E-state index contributed by atoms with van der Waals surface area (Å²) in [6.45, 7) is 3.71. The maximum Gasteiger partial charge on any atom is 0.321 e. The number of nitrogens with zero attached hydrogens (tertiary/aromatic N) is 3. The number of hydrogen-bond acceptors (Lipinski definition) is 5. The number of fused-ring (bicyclic) bond motifs is 2. The zero-order valence-corrected chi connectivity index (χ0v) is 18.0. The highest BCUT2D eigenvalue weighted by Gasteiger charge is 2.57. The van der Waals surface area contributed by atoms with Crippen molar-refractivity contribution in [2.75, 3.05) is 51.3 Å². The molecule has 31 heavy (non-hydrogen) atoms. The second kappa shape index (κ2) is 7.90. The number of hydrogen-bond donors (Lipinski definition) is 1. The topological polar surface area (TPSA) is 82.2 Å². The first kappa shape index (κ1) is 20.4. The molecule has 0 aliphatic carbocycles. The lowest BCUT2D eigenvalue weighted by atomic mass is 9.84. The first-order chi connectivity index (χ1) is 15.0. The van der Waals surface area contributed by atoms with Gasteiger partial charge in [-0.05, 0) is 24.3 Å². The highest BCUT2D eigenvalue weighted by Crippen LogP contribution is 2.38. The molecule has 1 atom stereocenters. The second-order valence-electron chi connectivity index (χ2n) is 8.41. The number of morpholine rings is 1. The average molecular weight is 443 g/mol. The van der Waals surface area contributed by atoms with E-state index in [1.54, 1.807) is 35.2 Å². The Balaban J connectivity index is 1.35. The molecule has 1 spiro atoms. The maximum absolute atomic E-state index is 13.0. The molecule has 1 N–H and O–H groups in total. The molecule has 3 saturated heterocycles. The number of carbonyl (C=O) groups is 1. The largest absolute Gasteiger partial charge is 0.378 e. The van der Waals surface area contributed by atoms with Gasteiger partial charge in [0.2, 0.25) is 10.0 Å². The lowest BCUT2D eigenvalue weighted by Gasteiger charge is -2.62. The molecular weight excluding hydrogens is 416 g/mol. The van der Waals surface area contributed by atoms with E-state index in [4.69, 9.17) is 4.74 Å². The van der Waals surface area contributed by atoms with E-state index >= 15 is 0 Å². The molecule has 8 nitrogen and oxygen atoms in total. The zero-order chi connectivity index (χ0) is 21.5. The highest BCUT2D eigenvalue weighted by molar-refractivity contribution is 7.89. The van der Waals surface area contributed by atoms with Gasteiger partial charge in [-0.25, -0.2) is 13.2 Å². The number of anilines is 1. The minimum absolute atomic E-state index is 0.0607. The van der Waals surface area contributed by atoms with Crippen LogP contribution in [-0.2, 0) is 14.8 Å². The van der Waals surface area contributed by atoms with Crippen molar-refractivity contribution in [2.45, 2.75) is 16.5 Å². The van der Waals surface area contributed by atoms with Crippen molar-refractivity contribution in [2.24, 2.45) is 0 Å². The Hall–Kier alpha value is -2.46. The molecule has 3 aliphatic rings. The number of benzene rings is 2. The van der Waals surface area contributed by atoms with E-state index in [1.807, 2.05) is 30.3 Å². The van der Waals surface area contributed by atoms with Gasteiger partial charge in [0.25, 0.3) is 0 Å². The summed E-state index contributed by atoms with van der Waals surface area (Å²) in [5.41, 5.74) is 0.355. The van der Waals surface area contributed by atoms with Gasteiger partial charge < -0.3 is 15.0 Å². The van der Waals surface area contributed by atoms with Crippen LogP contribution >= 0.6 is 0 Å². The van der Waals surface area contributed by atoms with Gasteiger partial charge in [-0.2, -0.15) is 4.31 Å². The van der Waals surface area contributed by atoms with Crippen LogP contribution in [0, 0.1) is 0 Å². The summed E-state index contributed by atoms with van der Waals surface area (Å²) in [7, 11) is -3.55. The van der Waals surface area contributed by atoms with Crippen molar-refractivity contribution in [3.63, 3.8) is 0 Å². The molecule has 3 fully saturated rings. The molecule has 164 valence electrons. The minimum Gasteiger partial charge on any atom is -0.378 e. The van der Waals surface area contributed by atoms with Crippen LogP contribution in [0.15, 0.2) is 65.6 Å². The second-order valence-corrected chi connectivity index (χ2v) is 10.3. The summed E-state index contributed by atoms with van der Waals surface area (Å²) < 4.78 is 33.3. The monoisotopic (exact) mass is 442 g/mol. The fourth-order valence-electron chi connectivity index (χ4n) is 4.88. The molecule has 1 unspecified atom stereocenters. The number of para-hydroxylation sites is 1. The summed E-state index contributed by atoms with van der Waals surface area (Å²) in [6.07, 6.45) is 0. The molecule has 2 aromatic rings. The summed E-state index contributed by atoms with van der Waals surface area (Å²) in [5.74, 6) is 0. The third kappa shape index (κ3) is 3.71. The summed E-state index contributed by atoms with van der Waals surface area (Å²) in [5, 5.41) is 2.96. The zero-order valence-electron chi connectivity index (χ0n) is 17.2. The molecule has 0 radical (unpaired) electrons. The number of rotatable bonds is 3. The van der Waals surface area contributed by atoms with Gasteiger partial charge in [0, 0.05) is 38.4 Å².